The molecule has 1 fully saturated rings. The summed E-state index contributed by atoms with van der Waals surface area (Å²) in [4.78, 5) is 10.9. The van der Waals surface area contributed by atoms with Gasteiger partial charge in [0.2, 0.25) is 0 Å². The second-order valence-corrected chi connectivity index (χ2v) is 2.41. The summed E-state index contributed by atoms with van der Waals surface area (Å²) >= 11 is 0. The smallest absolute Gasteiger partial charge is 0.308 e. The molecule has 0 spiro atoms. The molecule has 0 saturated carbocycles. The Hall–Kier alpha value is -0.610. The number of ether oxygens (including phenoxy) is 2. The standard InChI is InChI=1S/C7H12O3.CH4O/c1-9-7(8)6-2-4-10-5-3-6;1-2/h6H,2-5H2,1H3;2H,1H3. The third kappa shape index (κ3) is 3.69. The second kappa shape index (κ2) is 7.06. The third-order valence-corrected chi connectivity index (χ3v) is 1.76. The summed E-state index contributed by atoms with van der Waals surface area (Å²) < 4.78 is 9.68. The van der Waals surface area contributed by atoms with Gasteiger partial charge in [0.05, 0.1) is 13.0 Å². The van der Waals surface area contributed by atoms with Crippen LogP contribution in [0.3, 0.4) is 0 Å². The van der Waals surface area contributed by atoms with Gasteiger partial charge in [-0.25, -0.2) is 0 Å². The van der Waals surface area contributed by atoms with Crippen LogP contribution in [-0.2, 0) is 14.3 Å². The normalized spacial score (nSPS) is 17.6. The minimum absolute atomic E-state index is 0.0822. The molecule has 4 heteroatoms. The highest BCUT2D eigenvalue weighted by atomic mass is 16.5. The zero-order valence-electron chi connectivity index (χ0n) is 7.58. The Morgan fingerprint density at radius 1 is 1.42 bits per heavy atom. The summed E-state index contributed by atoms with van der Waals surface area (Å²) in [6.07, 6.45) is 1.62. The molecule has 0 radical (unpaired) electrons. The Labute approximate surface area is 72.5 Å². The second-order valence-electron chi connectivity index (χ2n) is 2.41. The van der Waals surface area contributed by atoms with Gasteiger partial charge in [0, 0.05) is 20.3 Å². The van der Waals surface area contributed by atoms with Gasteiger partial charge in [-0.1, -0.05) is 0 Å². The first-order valence-electron chi connectivity index (χ1n) is 3.95. The fourth-order valence-electron chi connectivity index (χ4n) is 1.10. The highest BCUT2D eigenvalue weighted by Crippen LogP contribution is 2.15. The van der Waals surface area contributed by atoms with E-state index in [0.717, 1.165) is 20.0 Å². The minimum atomic E-state index is -0.0942. The molecule has 1 heterocycles. The van der Waals surface area contributed by atoms with Crippen molar-refractivity contribution < 1.29 is 19.4 Å². The van der Waals surface area contributed by atoms with E-state index in [2.05, 4.69) is 4.74 Å². The molecule has 0 atom stereocenters. The largest absolute Gasteiger partial charge is 0.469 e. The maximum Gasteiger partial charge on any atom is 0.308 e. The maximum absolute atomic E-state index is 10.9. The van der Waals surface area contributed by atoms with Crippen molar-refractivity contribution >= 4 is 5.97 Å². The van der Waals surface area contributed by atoms with Crippen molar-refractivity contribution in [1.82, 2.24) is 0 Å². The number of carbonyl (C=O) groups excluding carboxylic acids is 1. The van der Waals surface area contributed by atoms with Gasteiger partial charge in [-0.05, 0) is 12.8 Å². The zero-order valence-corrected chi connectivity index (χ0v) is 7.58. The van der Waals surface area contributed by atoms with E-state index in [-0.39, 0.29) is 11.9 Å². The van der Waals surface area contributed by atoms with E-state index >= 15 is 0 Å². The molecular formula is C8H16O4. The molecule has 0 aliphatic carbocycles. The lowest BCUT2D eigenvalue weighted by molar-refractivity contribution is -0.148. The van der Waals surface area contributed by atoms with E-state index in [9.17, 15) is 4.79 Å². The lowest BCUT2D eigenvalue weighted by Crippen LogP contribution is -2.24. The Kier molecular flexibility index (Phi) is 6.70. The molecule has 1 rings (SSSR count). The SMILES string of the molecule is CO.COC(=O)C1CCOCC1. The summed E-state index contributed by atoms with van der Waals surface area (Å²) in [7, 11) is 2.43. The van der Waals surface area contributed by atoms with Crippen LogP contribution in [0.5, 0.6) is 0 Å². The molecule has 1 saturated heterocycles. The van der Waals surface area contributed by atoms with Gasteiger partial charge in [0.15, 0.2) is 0 Å². The van der Waals surface area contributed by atoms with Crippen molar-refractivity contribution in [3.8, 4) is 0 Å². The number of hydrogen-bond acceptors (Lipinski definition) is 4. The predicted octanol–water partition coefficient (Wildman–Crippen LogP) is 0.194. The van der Waals surface area contributed by atoms with Gasteiger partial charge in [-0.2, -0.15) is 0 Å². The quantitative estimate of drug-likeness (QED) is 0.580. The average Bonchev–Trinajstić information content (AvgIpc) is 2.21. The Balaban J connectivity index is 0.000000561. The molecule has 1 aliphatic rings. The van der Waals surface area contributed by atoms with Gasteiger partial charge >= 0.3 is 5.97 Å². The molecule has 1 N–H and O–H groups in total. The number of methoxy groups -OCH3 is 1. The van der Waals surface area contributed by atoms with Crippen LogP contribution in [0.15, 0.2) is 0 Å². The van der Waals surface area contributed by atoms with Crippen LogP contribution in [-0.4, -0.2) is 38.5 Å². The number of carbonyl (C=O) groups is 1. The fraction of sp³-hybridized carbons (Fsp3) is 0.875. The van der Waals surface area contributed by atoms with Gasteiger partial charge in [0.1, 0.15) is 0 Å². The molecule has 72 valence electrons. The third-order valence-electron chi connectivity index (χ3n) is 1.76. The molecule has 0 amide bonds. The van der Waals surface area contributed by atoms with Gasteiger partial charge in [0.25, 0.3) is 0 Å². The minimum Gasteiger partial charge on any atom is -0.469 e. The van der Waals surface area contributed by atoms with E-state index in [1.165, 1.54) is 7.11 Å². The highest BCUT2D eigenvalue weighted by molar-refractivity contribution is 5.72. The Bertz CT molecular complexity index is 118. The summed E-state index contributed by atoms with van der Waals surface area (Å²) in [5.74, 6) is -0.0120. The molecule has 0 aromatic heterocycles. The molecule has 0 aromatic rings. The van der Waals surface area contributed by atoms with Crippen molar-refractivity contribution in [2.45, 2.75) is 12.8 Å². The first-order valence-corrected chi connectivity index (χ1v) is 3.95. The Morgan fingerprint density at radius 2 is 1.92 bits per heavy atom. The fourth-order valence-corrected chi connectivity index (χ4v) is 1.10. The first kappa shape index (κ1) is 11.4. The van der Waals surface area contributed by atoms with Crippen molar-refractivity contribution in [2.75, 3.05) is 27.4 Å². The summed E-state index contributed by atoms with van der Waals surface area (Å²) in [5, 5.41) is 7.00. The van der Waals surface area contributed by atoms with Crippen molar-refractivity contribution in [1.29, 1.82) is 0 Å². The van der Waals surface area contributed by atoms with Crippen LogP contribution in [0.2, 0.25) is 0 Å². The molecule has 0 aromatic carbocycles. The first-order chi connectivity index (χ1) is 5.84. The molecule has 4 nitrogen and oxygen atoms in total. The molecular weight excluding hydrogens is 160 g/mol. The maximum atomic E-state index is 10.9. The van der Waals surface area contributed by atoms with Crippen LogP contribution in [0.1, 0.15) is 12.8 Å². The van der Waals surface area contributed by atoms with Crippen LogP contribution in [0.4, 0.5) is 0 Å². The van der Waals surface area contributed by atoms with Crippen LogP contribution >= 0.6 is 0 Å². The number of aliphatic hydroxyl groups is 1. The van der Waals surface area contributed by atoms with E-state index in [1.54, 1.807) is 0 Å². The lowest BCUT2D eigenvalue weighted by Gasteiger charge is -2.19. The summed E-state index contributed by atoms with van der Waals surface area (Å²) in [5.41, 5.74) is 0. The van der Waals surface area contributed by atoms with Crippen LogP contribution in [0.25, 0.3) is 0 Å². The van der Waals surface area contributed by atoms with Gasteiger partial charge < -0.3 is 14.6 Å². The number of hydrogen-bond donors (Lipinski definition) is 1. The lowest BCUT2D eigenvalue weighted by atomic mass is 10.0. The van der Waals surface area contributed by atoms with Crippen molar-refractivity contribution in [2.24, 2.45) is 5.92 Å². The zero-order chi connectivity index (χ0) is 9.40. The number of esters is 1. The van der Waals surface area contributed by atoms with Crippen molar-refractivity contribution in [3.63, 3.8) is 0 Å². The summed E-state index contributed by atoms with van der Waals surface area (Å²) in [6, 6.07) is 0. The van der Waals surface area contributed by atoms with Crippen molar-refractivity contribution in [3.05, 3.63) is 0 Å². The summed E-state index contributed by atoms with van der Waals surface area (Å²) in [6.45, 7) is 1.39. The molecule has 0 bridgehead atoms. The number of aliphatic hydroxyl groups excluding tert-OH is 1. The van der Waals surface area contributed by atoms with E-state index < -0.39 is 0 Å². The van der Waals surface area contributed by atoms with Gasteiger partial charge in [-0.15, -0.1) is 0 Å². The van der Waals surface area contributed by atoms with Crippen LogP contribution in [0, 0.1) is 5.92 Å². The topological polar surface area (TPSA) is 55.8 Å². The van der Waals surface area contributed by atoms with Crippen LogP contribution < -0.4 is 0 Å². The van der Waals surface area contributed by atoms with E-state index in [4.69, 9.17) is 9.84 Å². The molecule has 12 heavy (non-hydrogen) atoms. The number of rotatable bonds is 1. The molecule has 1 aliphatic heterocycles. The molecule has 0 unspecified atom stereocenters. The predicted molar refractivity (Wildman–Crippen MR) is 43.7 cm³/mol. The monoisotopic (exact) mass is 176 g/mol. The Morgan fingerprint density at radius 3 is 2.33 bits per heavy atom. The average molecular weight is 176 g/mol. The van der Waals surface area contributed by atoms with E-state index in [0.29, 0.717) is 13.2 Å². The van der Waals surface area contributed by atoms with E-state index in [1.807, 2.05) is 0 Å². The highest BCUT2D eigenvalue weighted by Gasteiger charge is 2.21. The van der Waals surface area contributed by atoms with Gasteiger partial charge in [-0.3, -0.25) is 4.79 Å².